The summed E-state index contributed by atoms with van der Waals surface area (Å²) in [4.78, 5) is 7.05. The number of nitrogens with one attached hydrogen (secondary N) is 1. The minimum absolute atomic E-state index is 0.600. The van der Waals surface area contributed by atoms with E-state index in [0.717, 1.165) is 54.0 Å². The van der Waals surface area contributed by atoms with Gasteiger partial charge in [-0.05, 0) is 48.7 Å². The van der Waals surface area contributed by atoms with Gasteiger partial charge in [-0.15, -0.1) is 0 Å². The molecule has 2 heterocycles. The van der Waals surface area contributed by atoms with Crippen molar-refractivity contribution in [2.45, 2.75) is 19.9 Å². The minimum Gasteiger partial charge on any atom is -0.491 e. The number of aromatic nitrogens is 1. The Balaban J connectivity index is 1.26. The normalized spacial score (nSPS) is 13.7. The second-order valence-electron chi connectivity index (χ2n) is 8.24. The van der Waals surface area contributed by atoms with Crippen molar-refractivity contribution in [2.24, 2.45) is 0 Å². The number of benzene rings is 3. The number of ether oxygens (including phenoxy) is 1. The maximum atomic E-state index is 6.43. The highest BCUT2D eigenvalue weighted by molar-refractivity contribution is 6.32. The van der Waals surface area contributed by atoms with Gasteiger partial charge in [0.2, 0.25) is 0 Å². The van der Waals surface area contributed by atoms with Crippen molar-refractivity contribution >= 4 is 33.9 Å². The van der Waals surface area contributed by atoms with Crippen molar-refractivity contribution in [3.8, 4) is 5.75 Å². The summed E-state index contributed by atoms with van der Waals surface area (Å²) in [5.74, 6) is 0.698. The summed E-state index contributed by atoms with van der Waals surface area (Å²) < 4.78 is 6.09. The van der Waals surface area contributed by atoms with Gasteiger partial charge >= 0.3 is 0 Å². The largest absolute Gasteiger partial charge is 0.491 e. The average Bonchev–Trinajstić information content (AvgIpc) is 2.81. The predicted molar refractivity (Wildman–Crippen MR) is 132 cm³/mol. The summed E-state index contributed by atoms with van der Waals surface area (Å²) in [7, 11) is 0. The van der Waals surface area contributed by atoms with E-state index in [1.807, 2.05) is 43.3 Å². The molecule has 1 aromatic heterocycles. The smallest absolute Gasteiger partial charge is 0.140 e. The Morgan fingerprint density at radius 2 is 1.81 bits per heavy atom. The van der Waals surface area contributed by atoms with E-state index >= 15 is 0 Å². The lowest BCUT2D eigenvalue weighted by Gasteiger charge is -2.28. The summed E-state index contributed by atoms with van der Waals surface area (Å²) in [6.45, 7) is 5.51. The summed E-state index contributed by atoms with van der Waals surface area (Å²) in [6, 6.07) is 24.7. The molecule has 32 heavy (non-hydrogen) atoms. The fourth-order valence-corrected chi connectivity index (χ4v) is 4.46. The molecular formula is C27H26ClN3O. The van der Waals surface area contributed by atoms with Crippen molar-refractivity contribution in [3.05, 3.63) is 94.6 Å². The molecule has 3 aromatic carbocycles. The number of fused-ring (bicyclic) bond motifs is 2. The summed E-state index contributed by atoms with van der Waals surface area (Å²) >= 11 is 6.43. The number of anilines is 2. The van der Waals surface area contributed by atoms with Crippen molar-refractivity contribution in [1.82, 2.24) is 9.88 Å². The first-order valence-corrected chi connectivity index (χ1v) is 11.4. The lowest BCUT2D eigenvalue weighted by Crippen LogP contribution is -2.33. The Hall–Kier alpha value is -3.08. The Bertz CT molecular complexity index is 1260. The molecule has 0 unspecified atom stereocenters. The van der Waals surface area contributed by atoms with E-state index in [1.165, 1.54) is 11.1 Å². The number of rotatable bonds is 6. The quantitative estimate of drug-likeness (QED) is 0.375. The van der Waals surface area contributed by atoms with Crippen LogP contribution in [0.5, 0.6) is 5.75 Å². The first kappa shape index (κ1) is 20.8. The van der Waals surface area contributed by atoms with E-state index in [2.05, 4.69) is 51.6 Å². The van der Waals surface area contributed by atoms with E-state index in [-0.39, 0.29) is 0 Å². The minimum atomic E-state index is 0.600. The molecule has 0 saturated heterocycles. The van der Waals surface area contributed by atoms with Crippen LogP contribution in [0.4, 0.5) is 11.4 Å². The third-order valence-corrected chi connectivity index (χ3v) is 6.24. The van der Waals surface area contributed by atoms with Crippen LogP contribution >= 0.6 is 11.6 Å². The Morgan fingerprint density at radius 3 is 2.72 bits per heavy atom. The highest BCUT2D eigenvalue weighted by Gasteiger charge is 2.15. The van der Waals surface area contributed by atoms with Gasteiger partial charge in [0.15, 0.2) is 0 Å². The highest BCUT2D eigenvalue weighted by atomic mass is 35.5. The lowest BCUT2D eigenvalue weighted by atomic mass is 10.0. The highest BCUT2D eigenvalue weighted by Crippen LogP contribution is 2.32. The molecule has 5 heteroatoms. The molecule has 162 valence electrons. The number of halogens is 1. The van der Waals surface area contributed by atoms with Crippen molar-refractivity contribution < 1.29 is 4.74 Å². The van der Waals surface area contributed by atoms with Crippen LogP contribution in [-0.4, -0.2) is 29.6 Å². The standard InChI is InChI=1S/C27H26ClN3O/c1-19-16-26(23-8-4-5-9-25(23)29-19)30-22-10-11-24(28)27(17-22)32-15-14-31-13-12-20-6-2-3-7-21(20)18-31/h2-11,16-17H,12-15,18H2,1H3,(H,29,30). The van der Waals surface area contributed by atoms with Crippen LogP contribution in [0.1, 0.15) is 16.8 Å². The summed E-state index contributed by atoms with van der Waals surface area (Å²) in [5, 5.41) is 5.22. The molecule has 1 aliphatic rings. The maximum absolute atomic E-state index is 6.43. The number of pyridine rings is 1. The van der Waals surface area contributed by atoms with E-state index in [1.54, 1.807) is 0 Å². The van der Waals surface area contributed by atoms with Gasteiger partial charge in [0, 0.05) is 48.2 Å². The van der Waals surface area contributed by atoms with Crippen LogP contribution in [-0.2, 0) is 13.0 Å². The molecule has 0 saturated carbocycles. The predicted octanol–water partition coefficient (Wildman–Crippen LogP) is 6.38. The van der Waals surface area contributed by atoms with Crippen molar-refractivity contribution in [3.63, 3.8) is 0 Å². The van der Waals surface area contributed by atoms with Crippen molar-refractivity contribution in [2.75, 3.05) is 25.0 Å². The van der Waals surface area contributed by atoms with E-state index in [0.29, 0.717) is 17.4 Å². The second-order valence-corrected chi connectivity index (χ2v) is 8.65. The topological polar surface area (TPSA) is 37.4 Å². The summed E-state index contributed by atoms with van der Waals surface area (Å²) in [6.07, 6.45) is 1.09. The van der Waals surface area contributed by atoms with E-state index in [4.69, 9.17) is 16.3 Å². The molecule has 0 amide bonds. The first-order valence-electron chi connectivity index (χ1n) is 11.0. The zero-order chi connectivity index (χ0) is 21.9. The van der Waals surface area contributed by atoms with Gasteiger partial charge in [0.25, 0.3) is 0 Å². The monoisotopic (exact) mass is 443 g/mol. The fourth-order valence-electron chi connectivity index (χ4n) is 4.29. The van der Waals surface area contributed by atoms with Gasteiger partial charge in [-0.25, -0.2) is 0 Å². The molecule has 0 atom stereocenters. The number of nitrogens with zero attached hydrogens (tertiary/aromatic N) is 2. The molecule has 1 N–H and O–H groups in total. The number of hydrogen-bond donors (Lipinski definition) is 1. The third kappa shape index (κ3) is 4.57. The third-order valence-electron chi connectivity index (χ3n) is 5.93. The Labute approximate surface area is 193 Å². The average molecular weight is 444 g/mol. The number of aryl methyl sites for hydroxylation is 1. The van der Waals surface area contributed by atoms with Gasteiger partial charge in [-0.2, -0.15) is 0 Å². The molecule has 0 spiro atoms. The Kier molecular flexibility index (Phi) is 5.97. The van der Waals surface area contributed by atoms with Crippen LogP contribution in [0, 0.1) is 6.92 Å². The molecule has 4 nitrogen and oxygen atoms in total. The van der Waals surface area contributed by atoms with Gasteiger partial charge in [-0.3, -0.25) is 9.88 Å². The molecule has 0 bridgehead atoms. The lowest BCUT2D eigenvalue weighted by molar-refractivity contribution is 0.196. The fraction of sp³-hybridized carbons (Fsp3) is 0.222. The van der Waals surface area contributed by atoms with Crippen LogP contribution in [0.3, 0.4) is 0 Å². The Morgan fingerprint density at radius 1 is 1.00 bits per heavy atom. The zero-order valence-electron chi connectivity index (χ0n) is 18.1. The number of hydrogen-bond acceptors (Lipinski definition) is 4. The molecule has 1 aliphatic heterocycles. The first-order chi connectivity index (χ1) is 15.7. The van der Waals surface area contributed by atoms with Gasteiger partial charge in [-0.1, -0.05) is 54.1 Å². The van der Waals surface area contributed by atoms with Gasteiger partial charge in [0.05, 0.1) is 10.5 Å². The SMILES string of the molecule is Cc1cc(Nc2ccc(Cl)c(OCCN3CCc4ccccc4C3)c2)c2ccccc2n1. The van der Waals surface area contributed by atoms with Crippen LogP contribution in [0.25, 0.3) is 10.9 Å². The van der Waals surface area contributed by atoms with E-state index in [9.17, 15) is 0 Å². The second kappa shape index (κ2) is 9.19. The molecule has 0 aliphatic carbocycles. The van der Waals surface area contributed by atoms with Crippen LogP contribution in [0.15, 0.2) is 72.8 Å². The molecular weight excluding hydrogens is 418 g/mol. The number of para-hydroxylation sites is 1. The zero-order valence-corrected chi connectivity index (χ0v) is 18.9. The van der Waals surface area contributed by atoms with Crippen LogP contribution < -0.4 is 10.1 Å². The van der Waals surface area contributed by atoms with Crippen LogP contribution in [0.2, 0.25) is 5.02 Å². The molecule has 0 radical (unpaired) electrons. The van der Waals surface area contributed by atoms with E-state index < -0.39 is 0 Å². The maximum Gasteiger partial charge on any atom is 0.140 e. The van der Waals surface area contributed by atoms with Gasteiger partial charge < -0.3 is 10.1 Å². The molecule has 0 fully saturated rings. The molecule has 4 aromatic rings. The summed E-state index contributed by atoms with van der Waals surface area (Å²) in [5.41, 5.74) is 6.79. The van der Waals surface area contributed by atoms with Crippen molar-refractivity contribution in [1.29, 1.82) is 0 Å². The molecule has 5 rings (SSSR count). The van der Waals surface area contributed by atoms with Gasteiger partial charge in [0.1, 0.15) is 12.4 Å².